The summed E-state index contributed by atoms with van der Waals surface area (Å²) in [6, 6.07) is 4.12. The molecule has 1 aromatic carbocycles. The van der Waals surface area contributed by atoms with Crippen molar-refractivity contribution in [1.82, 2.24) is 4.98 Å². The number of aromatic hydroxyl groups is 1. The van der Waals surface area contributed by atoms with E-state index in [1.54, 1.807) is 13.0 Å². The molecule has 0 aliphatic heterocycles. The second kappa shape index (κ2) is 9.51. The summed E-state index contributed by atoms with van der Waals surface area (Å²) in [6.07, 6.45) is 3.29. The lowest BCUT2D eigenvalue weighted by Gasteiger charge is -2.26. The average molecular weight is 388 g/mol. The minimum Gasteiger partial charge on any atom is -0.507 e. The number of aliphatic hydroxyl groups excluding tert-OH is 1. The third kappa shape index (κ3) is 4.72. The van der Waals surface area contributed by atoms with E-state index in [1.807, 2.05) is 0 Å². The highest BCUT2D eigenvalue weighted by molar-refractivity contribution is 5.78. The van der Waals surface area contributed by atoms with Gasteiger partial charge in [0.1, 0.15) is 11.6 Å². The summed E-state index contributed by atoms with van der Waals surface area (Å²) in [5, 5.41) is 21.2. The van der Waals surface area contributed by atoms with Crippen LogP contribution in [0.1, 0.15) is 101 Å². The molecule has 2 aromatic rings. The Morgan fingerprint density at radius 1 is 1.00 bits per heavy atom. The van der Waals surface area contributed by atoms with Crippen LogP contribution in [-0.2, 0) is 6.42 Å². The summed E-state index contributed by atoms with van der Waals surface area (Å²) < 4.78 is 13.7. The van der Waals surface area contributed by atoms with Crippen molar-refractivity contribution >= 4 is 0 Å². The van der Waals surface area contributed by atoms with Crippen LogP contribution in [0.4, 0.5) is 4.39 Å². The first-order valence-corrected chi connectivity index (χ1v) is 10.4. The molecular formula is C24H34FNO2. The third-order valence-electron chi connectivity index (χ3n) is 5.17. The van der Waals surface area contributed by atoms with Crippen molar-refractivity contribution in [1.29, 1.82) is 0 Å². The lowest BCUT2D eigenvalue weighted by molar-refractivity contribution is 0.197. The Hall–Kier alpha value is -1.94. The second-order valence-electron chi connectivity index (χ2n) is 8.25. The van der Waals surface area contributed by atoms with E-state index < -0.39 is 11.9 Å². The number of rotatable bonds is 8. The van der Waals surface area contributed by atoms with Gasteiger partial charge in [0.2, 0.25) is 0 Å². The molecule has 1 aromatic heterocycles. The Bertz CT molecular complexity index is 813. The molecule has 0 bridgehead atoms. The number of hydrogen-bond donors (Lipinski definition) is 2. The highest BCUT2D eigenvalue weighted by Crippen LogP contribution is 2.43. The molecule has 3 nitrogen and oxygen atoms in total. The molecule has 2 rings (SSSR count). The summed E-state index contributed by atoms with van der Waals surface area (Å²) in [5.74, 6) is -0.254. The predicted octanol–water partition coefficient (Wildman–Crippen LogP) is 6.63. The molecule has 154 valence electrons. The van der Waals surface area contributed by atoms with E-state index in [1.165, 1.54) is 6.07 Å². The SMILES string of the molecule is CCCCCc1c(C(C)C)nc(C(C)C)c([C@H](C)O)c1-c1ccc(F)cc1O. The molecule has 2 N–H and O–H groups in total. The number of nitrogens with zero attached hydrogens (tertiary/aromatic N) is 1. The van der Waals surface area contributed by atoms with E-state index in [9.17, 15) is 14.6 Å². The van der Waals surface area contributed by atoms with Crippen LogP contribution in [0.15, 0.2) is 18.2 Å². The van der Waals surface area contributed by atoms with Crippen LogP contribution < -0.4 is 0 Å². The maximum Gasteiger partial charge on any atom is 0.126 e. The summed E-state index contributed by atoms with van der Waals surface area (Å²) in [7, 11) is 0. The summed E-state index contributed by atoms with van der Waals surface area (Å²) in [4.78, 5) is 4.99. The Morgan fingerprint density at radius 3 is 2.14 bits per heavy atom. The van der Waals surface area contributed by atoms with Gasteiger partial charge >= 0.3 is 0 Å². The van der Waals surface area contributed by atoms with Crippen LogP contribution in [0, 0.1) is 5.82 Å². The standard InChI is InChI=1S/C24H34FNO2/c1-7-8-9-10-19-22(18-12-11-17(25)13-20(18)28)21(16(6)27)24(15(4)5)26-23(19)14(2)3/h11-16,27-28H,7-10H2,1-6H3/t16-/m0/s1. The molecule has 0 saturated carbocycles. The van der Waals surface area contributed by atoms with Crippen molar-refractivity contribution in [2.24, 2.45) is 0 Å². The molecule has 0 aliphatic rings. The Kier molecular flexibility index (Phi) is 7.59. The fraction of sp³-hybridized carbons (Fsp3) is 0.542. The maximum atomic E-state index is 13.7. The third-order valence-corrected chi connectivity index (χ3v) is 5.17. The van der Waals surface area contributed by atoms with Crippen LogP contribution in [0.3, 0.4) is 0 Å². The van der Waals surface area contributed by atoms with Crippen LogP contribution in [0.25, 0.3) is 11.1 Å². The number of phenols is 1. The molecule has 0 saturated heterocycles. The van der Waals surface area contributed by atoms with Gasteiger partial charge in [-0.3, -0.25) is 4.98 Å². The van der Waals surface area contributed by atoms with Crippen LogP contribution in [0.5, 0.6) is 5.75 Å². The Morgan fingerprint density at radius 2 is 1.64 bits per heavy atom. The number of benzene rings is 1. The fourth-order valence-electron chi connectivity index (χ4n) is 3.85. The molecule has 1 heterocycles. The van der Waals surface area contributed by atoms with Crippen LogP contribution in [0.2, 0.25) is 0 Å². The van der Waals surface area contributed by atoms with Crippen molar-refractivity contribution < 1.29 is 14.6 Å². The second-order valence-corrected chi connectivity index (χ2v) is 8.25. The number of halogens is 1. The van der Waals surface area contributed by atoms with E-state index >= 15 is 0 Å². The average Bonchev–Trinajstić information content (AvgIpc) is 2.60. The minimum absolute atomic E-state index is 0.103. The number of pyridine rings is 1. The molecule has 0 amide bonds. The Labute approximate surface area is 168 Å². The van der Waals surface area contributed by atoms with Gasteiger partial charge < -0.3 is 10.2 Å². The molecule has 0 radical (unpaired) electrons. The first kappa shape index (κ1) is 22.4. The van der Waals surface area contributed by atoms with E-state index in [-0.39, 0.29) is 17.6 Å². The number of aliphatic hydroxyl groups is 1. The smallest absolute Gasteiger partial charge is 0.126 e. The first-order valence-electron chi connectivity index (χ1n) is 10.4. The molecule has 0 unspecified atom stereocenters. The van der Waals surface area contributed by atoms with Gasteiger partial charge in [0.05, 0.1) is 6.10 Å². The maximum absolute atomic E-state index is 13.7. The van der Waals surface area contributed by atoms with Crippen molar-refractivity contribution in [2.45, 2.75) is 85.2 Å². The molecule has 4 heteroatoms. The number of hydrogen-bond acceptors (Lipinski definition) is 3. The summed E-state index contributed by atoms with van der Waals surface area (Å²) in [6.45, 7) is 12.3. The van der Waals surface area contributed by atoms with Crippen LogP contribution in [-0.4, -0.2) is 15.2 Å². The molecule has 1 atom stereocenters. The summed E-state index contributed by atoms with van der Waals surface area (Å²) in [5.41, 5.74) is 5.04. The lowest BCUT2D eigenvalue weighted by Crippen LogP contribution is -2.14. The quantitative estimate of drug-likeness (QED) is 0.500. The fourth-order valence-corrected chi connectivity index (χ4v) is 3.85. The summed E-state index contributed by atoms with van der Waals surface area (Å²) >= 11 is 0. The van der Waals surface area contributed by atoms with Gasteiger partial charge in [-0.25, -0.2) is 4.39 Å². The van der Waals surface area contributed by atoms with Crippen molar-refractivity contribution in [3.05, 3.63) is 46.5 Å². The molecule has 28 heavy (non-hydrogen) atoms. The topological polar surface area (TPSA) is 53.4 Å². The van der Waals surface area contributed by atoms with Crippen molar-refractivity contribution in [3.8, 4) is 16.9 Å². The Balaban J connectivity index is 2.92. The van der Waals surface area contributed by atoms with Gasteiger partial charge in [-0.2, -0.15) is 0 Å². The van der Waals surface area contributed by atoms with Crippen molar-refractivity contribution in [2.75, 3.05) is 0 Å². The van der Waals surface area contributed by atoms with Gasteiger partial charge in [-0.1, -0.05) is 47.5 Å². The highest BCUT2D eigenvalue weighted by atomic mass is 19.1. The number of aromatic nitrogens is 1. The van der Waals surface area contributed by atoms with Crippen LogP contribution >= 0.6 is 0 Å². The molecule has 0 spiro atoms. The van der Waals surface area contributed by atoms with E-state index in [0.717, 1.165) is 59.8 Å². The van der Waals surface area contributed by atoms with E-state index in [2.05, 4.69) is 34.6 Å². The number of unbranched alkanes of at least 4 members (excludes halogenated alkanes) is 2. The monoisotopic (exact) mass is 387 g/mol. The van der Waals surface area contributed by atoms with E-state index in [0.29, 0.717) is 5.56 Å². The van der Waals surface area contributed by atoms with Gasteiger partial charge in [0.15, 0.2) is 0 Å². The van der Waals surface area contributed by atoms with Gasteiger partial charge in [0, 0.05) is 28.6 Å². The molecular weight excluding hydrogens is 353 g/mol. The molecule has 0 aliphatic carbocycles. The normalized spacial score (nSPS) is 12.8. The zero-order valence-electron chi connectivity index (χ0n) is 18.0. The van der Waals surface area contributed by atoms with Gasteiger partial charge in [-0.05, 0) is 54.9 Å². The highest BCUT2D eigenvalue weighted by Gasteiger charge is 2.27. The lowest BCUT2D eigenvalue weighted by atomic mass is 9.83. The first-order chi connectivity index (χ1) is 13.2. The minimum atomic E-state index is -0.740. The predicted molar refractivity (Wildman–Crippen MR) is 113 cm³/mol. The van der Waals surface area contributed by atoms with Gasteiger partial charge in [0.25, 0.3) is 0 Å². The molecule has 0 fully saturated rings. The zero-order valence-corrected chi connectivity index (χ0v) is 18.0. The largest absolute Gasteiger partial charge is 0.507 e. The van der Waals surface area contributed by atoms with Gasteiger partial charge in [-0.15, -0.1) is 0 Å². The van der Waals surface area contributed by atoms with Crippen molar-refractivity contribution in [3.63, 3.8) is 0 Å². The zero-order chi connectivity index (χ0) is 21.0. The number of phenolic OH excluding ortho intramolecular Hbond substituents is 1. The van der Waals surface area contributed by atoms with E-state index in [4.69, 9.17) is 4.98 Å².